The van der Waals surface area contributed by atoms with Crippen LogP contribution in [0.4, 0.5) is 0 Å². The van der Waals surface area contributed by atoms with Crippen LogP contribution in [-0.2, 0) is 16.1 Å². The highest BCUT2D eigenvalue weighted by Crippen LogP contribution is 2.41. The maximum atomic E-state index is 13.3. The Kier molecular flexibility index (Phi) is 7.62. The number of aryl methyl sites for hydroxylation is 1. The first kappa shape index (κ1) is 25.4. The largest absolute Gasteiger partial charge is 0.507 e. The van der Waals surface area contributed by atoms with Gasteiger partial charge in [-0.05, 0) is 48.7 Å². The van der Waals surface area contributed by atoms with Crippen LogP contribution in [0.15, 0.2) is 66.8 Å². The van der Waals surface area contributed by atoms with Crippen molar-refractivity contribution < 1.29 is 28.9 Å². The Hall–Kier alpha value is -4.27. The molecule has 2 aromatic carbocycles. The molecule has 1 amide bonds. The minimum atomic E-state index is -0.740. The number of Topliss-reactive ketones (excluding diaryl/α,β-unsaturated/α-hetero) is 1. The molecule has 198 valence electrons. The van der Waals surface area contributed by atoms with E-state index >= 15 is 0 Å². The number of hydrogen-bond acceptors (Lipinski definition) is 7. The van der Waals surface area contributed by atoms with Gasteiger partial charge in [-0.25, -0.2) is 4.98 Å². The van der Waals surface area contributed by atoms with E-state index in [1.807, 2.05) is 35.0 Å². The van der Waals surface area contributed by atoms with Gasteiger partial charge in [0.05, 0.1) is 24.5 Å². The zero-order valence-electron chi connectivity index (χ0n) is 21.3. The van der Waals surface area contributed by atoms with Gasteiger partial charge < -0.3 is 28.8 Å². The van der Waals surface area contributed by atoms with Crippen LogP contribution in [-0.4, -0.2) is 57.6 Å². The number of carbonyl (C=O) groups is 2. The van der Waals surface area contributed by atoms with Crippen LogP contribution in [0.3, 0.4) is 0 Å². The van der Waals surface area contributed by atoms with E-state index in [-0.39, 0.29) is 11.3 Å². The molecule has 1 saturated heterocycles. The van der Waals surface area contributed by atoms with E-state index in [2.05, 4.69) is 11.9 Å². The second kappa shape index (κ2) is 11.4. The number of unbranched alkanes of at least 4 members (excludes halogenated alkanes) is 1. The molecule has 0 bridgehead atoms. The first-order valence-electron chi connectivity index (χ1n) is 12.9. The molecular weight excluding hydrogens is 486 g/mol. The molecule has 1 N–H and O–H groups in total. The highest BCUT2D eigenvalue weighted by Gasteiger charge is 2.45. The molecule has 9 heteroatoms. The molecule has 3 aromatic rings. The van der Waals surface area contributed by atoms with Crippen molar-refractivity contribution >= 4 is 17.4 Å². The number of nitrogens with zero attached hydrogens (tertiary/aromatic N) is 3. The third-order valence-corrected chi connectivity index (χ3v) is 6.69. The molecule has 0 saturated carbocycles. The van der Waals surface area contributed by atoms with E-state index in [0.717, 1.165) is 12.8 Å². The van der Waals surface area contributed by atoms with Crippen molar-refractivity contribution in [1.82, 2.24) is 14.5 Å². The molecule has 5 rings (SSSR count). The Labute approximate surface area is 221 Å². The first-order valence-corrected chi connectivity index (χ1v) is 12.9. The van der Waals surface area contributed by atoms with Crippen molar-refractivity contribution in [2.45, 2.75) is 38.8 Å². The zero-order valence-corrected chi connectivity index (χ0v) is 21.3. The van der Waals surface area contributed by atoms with Crippen LogP contribution in [0, 0.1) is 0 Å². The Morgan fingerprint density at radius 1 is 1.05 bits per heavy atom. The summed E-state index contributed by atoms with van der Waals surface area (Å²) in [6, 6.07) is 11.6. The Morgan fingerprint density at radius 2 is 1.84 bits per heavy atom. The third-order valence-electron chi connectivity index (χ3n) is 6.69. The highest BCUT2D eigenvalue weighted by atomic mass is 16.6. The lowest BCUT2D eigenvalue weighted by Crippen LogP contribution is -2.31. The van der Waals surface area contributed by atoms with Crippen LogP contribution in [0.2, 0.25) is 0 Å². The van der Waals surface area contributed by atoms with Crippen LogP contribution < -0.4 is 14.2 Å². The standard InChI is InChI=1S/C29H31N3O6/c1-2-3-15-36-22-8-5-20(6-9-22)26-25(27(33)21-7-10-23-24(18-21)38-17-16-37-23)28(34)29(35)32(26)13-4-12-31-14-11-30-19-31/h5-11,14,18-19,26,33H,2-4,12-13,15-17H2,1H3/t26-/m0/s1. The molecule has 38 heavy (non-hydrogen) atoms. The normalized spacial score (nSPS) is 18.1. The molecule has 1 aromatic heterocycles. The van der Waals surface area contributed by atoms with Gasteiger partial charge >= 0.3 is 0 Å². The molecule has 2 aliphatic rings. The SMILES string of the molecule is CCCCOc1ccc([C@H]2C(=C(O)c3ccc4c(c3)OCCO4)C(=O)C(=O)N2CCCn2ccnc2)cc1. The van der Waals surface area contributed by atoms with Crippen LogP contribution >= 0.6 is 0 Å². The molecule has 9 nitrogen and oxygen atoms in total. The second-order valence-electron chi connectivity index (χ2n) is 9.28. The summed E-state index contributed by atoms with van der Waals surface area (Å²) in [5.41, 5.74) is 1.15. The lowest BCUT2D eigenvalue weighted by atomic mass is 9.95. The highest BCUT2D eigenvalue weighted by molar-refractivity contribution is 6.46. The van der Waals surface area contributed by atoms with Gasteiger partial charge in [-0.2, -0.15) is 0 Å². The van der Waals surface area contributed by atoms with Crippen molar-refractivity contribution in [1.29, 1.82) is 0 Å². The summed E-state index contributed by atoms with van der Waals surface area (Å²) in [5.74, 6) is 0.177. The molecule has 0 aliphatic carbocycles. The predicted octanol–water partition coefficient (Wildman–Crippen LogP) is 4.35. The first-order chi connectivity index (χ1) is 18.6. The number of carbonyl (C=O) groups excluding carboxylic acids is 2. The minimum absolute atomic E-state index is 0.0500. The van der Waals surface area contributed by atoms with E-state index in [4.69, 9.17) is 14.2 Å². The Morgan fingerprint density at radius 3 is 2.58 bits per heavy atom. The lowest BCUT2D eigenvalue weighted by molar-refractivity contribution is -0.139. The molecule has 0 radical (unpaired) electrons. The van der Waals surface area contributed by atoms with E-state index in [9.17, 15) is 14.7 Å². The van der Waals surface area contributed by atoms with Crippen molar-refractivity contribution in [3.8, 4) is 17.2 Å². The number of amides is 1. The van der Waals surface area contributed by atoms with Gasteiger partial charge in [-0.1, -0.05) is 25.5 Å². The van der Waals surface area contributed by atoms with Gasteiger partial charge in [0.25, 0.3) is 11.7 Å². The number of aliphatic hydroxyl groups excluding tert-OH is 1. The van der Waals surface area contributed by atoms with Gasteiger partial charge in [-0.3, -0.25) is 9.59 Å². The predicted molar refractivity (Wildman–Crippen MR) is 140 cm³/mol. The number of benzene rings is 2. The van der Waals surface area contributed by atoms with Crippen LogP contribution in [0.5, 0.6) is 17.2 Å². The molecule has 0 spiro atoms. The zero-order chi connectivity index (χ0) is 26.5. The van der Waals surface area contributed by atoms with Gasteiger partial charge in [0.15, 0.2) is 11.5 Å². The average Bonchev–Trinajstić information content (AvgIpc) is 3.55. The van der Waals surface area contributed by atoms with E-state index in [0.29, 0.717) is 67.7 Å². The maximum Gasteiger partial charge on any atom is 0.295 e. The summed E-state index contributed by atoms with van der Waals surface area (Å²) in [5, 5.41) is 11.4. The molecule has 1 atom stereocenters. The smallest absolute Gasteiger partial charge is 0.295 e. The number of fused-ring (bicyclic) bond motifs is 1. The number of imidazole rings is 1. The number of aliphatic hydroxyl groups is 1. The third kappa shape index (κ3) is 5.22. The fourth-order valence-corrected chi connectivity index (χ4v) is 4.73. The number of aromatic nitrogens is 2. The summed E-state index contributed by atoms with van der Waals surface area (Å²) in [6.07, 6.45) is 7.86. The monoisotopic (exact) mass is 517 g/mol. The van der Waals surface area contributed by atoms with Crippen molar-refractivity contribution in [3.63, 3.8) is 0 Å². The topological polar surface area (TPSA) is 103 Å². The van der Waals surface area contributed by atoms with Crippen LogP contribution in [0.1, 0.15) is 43.4 Å². The molecular formula is C29H31N3O6. The second-order valence-corrected chi connectivity index (χ2v) is 9.28. The van der Waals surface area contributed by atoms with Gasteiger partial charge in [0.2, 0.25) is 0 Å². The number of ketones is 1. The van der Waals surface area contributed by atoms with Crippen molar-refractivity contribution in [3.05, 3.63) is 77.9 Å². The van der Waals surface area contributed by atoms with Crippen LogP contribution in [0.25, 0.3) is 5.76 Å². The van der Waals surface area contributed by atoms with Gasteiger partial charge in [0.1, 0.15) is 24.7 Å². The minimum Gasteiger partial charge on any atom is -0.507 e. The molecule has 2 aliphatic heterocycles. The van der Waals surface area contributed by atoms with E-state index in [1.54, 1.807) is 30.7 Å². The average molecular weight is 518 g/mol. The number of rotatable bonds is 10. The quantitative estimate of drug-likeness (QED) is 0.185. The fourth-order valence-electron chi connectivity index (χ4n) is 4.73. The van der Waals surface area contributed by atoms with Gasteiger partial charge in [-0.15, -0.1) is 0 Å². The van der Waals surface area contributed by atoms with E-state index < -0.39 is 17.7 Å². The number of likely N-dealkylation sites (tertiary alicyclic amines) is 1. The molecule has 3 heterocycles. The van der Waals surface area contributed by atoms with E-state index in [1.165, 1.54) is 4.90 Å². The number of ether oxygens (including phenoxy) is 3. The fraction of sp³-hybridized carbons (Fsp3) is 0.345. The summed E-state index contributed by atoms with van der Waals surface area (Å²) in [7, 11) is 0. The summed E-state index contributed by atoms with van der Waals surface area (Å²) in [6.45, 7) is 4.53. The lowest BCUT2D eigenvalue weighted by Gasteiger charge is -2.26. The summed E-state index contributed by atoms with van der Waals surface area (Å²) < 4.78 is 18.9. The molecule has 1 fully saturated rings. The maximum absolute atomic E-state index is 13.3. The Balaban J connectivity index is 1.48. The van der Waals surface area contributed by atoms with Crippen molar-refractivity contribution in [2.75, 3.05) is 26.4 Å². The summed E-state index contributed by atoms with van der Waals surface area (Å²) in [4.78, 5) is 32.2. The summed E-state index contributed by atoms with van der Waals surface area (Å²) >= 11 is 0. The molecule has 0 unspecified atom stereocenters. The number of hydrogen-bond donors (Lipinski definition) is 1. The van der Waals surface area contributed by atoms with Crippen molar-refractivity contribution in [2.24, 2.45) is 0 Å². The Bertz CT molecular complexity index is 1320. The van der Waals surface area contributed by atoms with Gasteiger partial charge in [0, 0.05) is 31.0 Å².